The van der Waals surface area contributed by atoms with E-state index in [0.29, 0.717) is 11.8 Å². The van der Waals surface area contributed by atoms with E-state index >= 15 is 0 Å². The van der Waals surface area contributed by atoms with Gasteiger partial charge in [-0.15, -0.1) is 0 Å². The van der Waals surface area contributed by atoms with Crippen LogP contribution in [-0.4, -0.2) is 26.7 Å². The Bertz CT molecular complexity index is 595. The molecule has 112 valence electrons. The molecule has 0 bridgehead atoms. The van der Waals surface area contributed by atoms with Crippen LogP contribution in [0.4, 0.5) is 21.8 Å². The summed E-state index contributed by atoms with van der Waals surface area (Å²) in [4.78, 5) is 8.42. The van der Waals surface area contributed by atoms with Gasteiger partial charge in [-0.3, -0.25) is 0 Å². The monoisotopic (exact) mass is 290 g/mol. The van der Waals surface area contributed by atoms with Crippen LogP contribution in [0.5, 0.6) is 0 Å². The topological polar surface area (TPSA) is 70.1 Å². The van der Waals surface area contributed by atoms with Crippen molar-refractivity contribution in [1.82, 2.24) is 9.97 Å². The Kier molecular flexibility index (Phi) is 4.37. The lowest BCUT2D eigenvalue weighted by atomic mass is 10.0. The SMILES string of the molecule is C[C@H](Nc1nccc(Nc2ccc(F)cc2)n1)C(C)(C)O. The fraction of sp³-hybridized carbons (Fsp3) is 0.333. The molecular formula is C15H19FN4O. The molecule has 0 aliphatic heterocycles. The van der Waals surface area contributed by atoms with E-state index in [2.05, 4.69) is 20.6 Å². The number of anilines is 3. The zero-order valence-corrected chi connectivity index (χ0v) is 12.3. The molecule has 0 amide bonds. The highest BCUT2D eigenvalue weighted by molar-refractivity contribution is 5.56. The average molecular weight is 290 g/mol. The minimum Gasteiger partial charge on any atom is -0.388 e. The largest absolute Gasteiger partial charge is 0.388 e. The van der Waals surface area contributed by atoms with Gasteiger partial charge in [0.15, 0.2) is 0 Å². The standard InChI is InChI=1S/C15H19FN4O/c1-10(15(2,3)21)18-14-17-9-8-13(20-14)19-12-6-4-11(16)5-7-12/h4-10,21H,1-3H3,(H2,17,18,19,20)/t10-/m0/s1. The number of benzene rings is 1. The molecule has 2 rings (SSSR count). The van der Waals surface area contributed by atoms with Gasteiger partial charge in [-0.1, -0.05) is 0 Å². The van der Waals surface area contributed by atoms with Crippen molar-refractivity contribution < 1.29 is 9.50 Å². The number of hydrogen-bond acceptors (Lipinski definition) is 5. The van der Waals surface area contributed by atoms with E-state index in [0.717, 1.165) is 5.69 Å². The summed E-state index contributed by atoms with van der Waals surface area (Å²) in [5.74, 6) is 0.711. The van der Waals surface area contributed by atoms with Crippen molar-refractivity contribution in [2.24, 2.45) is 0 Å². The molecular weight excluding hydrogens is 271 g/mol. The number of aromatic nitrogens is 2. The van der Waals surface area contributed by atoms with Crippen molar-refractivity contribution in [3.8, 4) is 0 Å². The fourth-order valence-electron chi connectivity index (χ4n) is 1.55. The molecule has 3 N–H and O–H groups in total. The summed E-state index contributed by atoms with van der Waals surface area (Å²) < 4.78 is 12.9. The Labute approximate surface area is 123 Å². The average Bonchev–Trinajstić information content (AvgIpc) is 2.41. The fourth-order valence-corrected chi connectivity index (χ4v) is 1.55. The van der Waals surface area contributed by atoms with E-state index in [1.807, 2.05) is 6.92 Å². The minimum absolute atomic E-state index is 0.210. The predicted molar refractivity (Wildman–Crippen MR) is 81.1 cm³/mol. The van der Waals surface area contributed by atoms with Gasteiger partial charge >= 0.3 is 0 Å². The number of nitrogens with one attached hydrogen (secondary N) is 2. The maximum Gasteiger partial charge on any atom is 0.224 e. The Hall–Kier alpha value is -2.21. The summed E-state index contributed by atoms with van der Waals surface area (Å²) in [5, 5.41) is 16.0. The lowest BCUT2D eigenvalue weighted by Crippen LogP contribution is -2.39. The van der Waals surface area contributed by atoms with Gasteiger partial charge in [0.05, 0.1) is 11.6 Å². The zero-order valence-electron chi connectivity index (χ0n) is 12.3. The first-order valence-electron chi connectivity index (χ1n) is 6.69. The van der Waals surface area contributed by atoms with Crippen LogP contribution in [0.15, 0.2) is 36.5 Å². The third-order valence-electron chi connectivity index (χ3n) is 3.18. The Balaban J connectivity index is 2.09. The highest BCUT2D eigenvalue weighted by atomic mass is 19.1. The van der Waals surface area contributed by atoms with Crippen LogP contribution in [0, 0.1) is 5.82 Å². The molecule has 0 aliphatic carbocycles. The Morgan fingerprint density at radius 2 is 1.86 bits per heavy atom. The molecule has 21 heavy (non-hydrogen) atoms. The van der Waals surface area contributed by atoms with Crippen LogP contribution in [0.3, 0.4) is 0 Å². The molecule has 1 atom stereocenters. The van der Waals surface area contributed by atoms with Crippen molar-refractivity contribution in [2.45, 2.75) is 32.4 Å². The maximum atomic E-state index is 12.9. The molecule has 1 heterocycles. The van der Waals surface area contributed by atoms with E-state index < -0.39 is 5.60 Å². The summed E-state index contributed by atoms with van der Waals surface area (Å²) in [6, 6.07) is 7.51. The van der Waals surface area contributed by atoms with E-state index in [1.165, 1.54) is 12.1 Å². The Morgan fingerprint density at radius 3 is 2.48 bits per heavy atom. The molecule has 2 aromatic rings. The smallest absolute Gasteiger partial charge is 0.224 e. The third kappa shape index (κ3) is 4.39. The van der Waals surface area contributed by atoms with E-state index in [4.69, 9.17) is 0 Å². The van der Waals surface area contributed by atoms with Crippen LogP contribution in [0.2, 0.25) is 0 Å². The molecule has 0 saturated carbocycles. The van der Waals surface area contributed by atoms with Gasteiger partial charge in [0, 0.05) is 11.9 Å². The lowest BCUT2D eigenvalue weighted by molar-refractivity contribution is 0.0646. The zero-order chi connectivity index (χ0) is 15.5. The van der Waals surface area contributed by atoms with Gasteiger partial charge < -0.3 is 15.7 Å². The van der Waals surface area contributed by atoms with Crippen molar-refractivity contribution in [3.05, 3.63) is 42.3 Å². The van der Waals surface area contributed by atoms with Gasteiger partial charge in [-0.25, -0.2) is 9.37 Å². The van der Waals surface area contributed by atoms with Crippen LogP contribution in [-0.2, 0) is 0 Å². The molecule has 0 radical (unpaired) electrons. The minimum atomic E-state index is -0.885. The molecule has 1 aromatic heterocycles. The number of halogens is 1. The number of nitrogens with zero attached hydrogens (tertiary/aromatic N) is 2. The molecule has 0 fully saturated rings. The molecule has 0 unspecified atom stereocenters. The first-order chi connectivity index (χ1) is 9.84. The maximum absolute atomic E-state index is 12.9. The quantitative estimate of drug-likeness (QED) is 0.790. The lowest BCUT2D eigenvalue weighted by Gasteiger charge is -2.26. The van der Waals surface area contributed by atoms with Crippen LogP contribution in [0.1, 0.15) is 20.8 Å². The first kappa shape index (κ1) is 15.2. The number of rotatable bonds is 5. The summed E-state index contributed by atoms with van der Waals surface area (Å²) in [6.07, 6.45) is 1.61. The van der Waals surface area contributed by atoms with Gasteiger partial charge in [0.25, 0.3) is 0 Å². The second-order valence-electron chi connectivity index (χ2n) is 5.42. The summed E-state index contributed by atoms with van der Waals surface area (Å²) >= 11 is 0. The van der Waals surface area contributed by atoms with E-state index in [-0.39, 0.29) is 11.9 Å². The van der Waals surface area contributed by atoms with Gasteiger partial charge in [0.2, 0.25) is 5.95 Å². The normalized spacial score (nSPS) is 12.8. The third-order valence-corrected chi connectivity index (χ3v) is 3.18. The molecule has 5 nitrogen and oxygen atoms in total. The molecule has 6 heteroatoms. The molecule has 1 aromatic carbocycles. The summed E-state index contributed by atoms with van der Waals surface area (Å²) in [7, 11) is 0. The number of aliphatic hydroxyl groups is 1. The number of hydrogen-bond donors (Lipinski definition) is 3. The summed E-state index contributed by atoms with van der Waals surface area (Å²) in [5.41, 5.74) is -0.152. The second-order valence-corrected chi connectivity index (χ2v) is 5.42. The molecule has 0 saturated heterocycles. The highest BCUT2D eigenvalue weighted by Crippen LogP contribution is 2.17. The van der Waals surface area contributed by atoms with Gasteiger partial charge in [-0.2, -0.15) is 4.98 Å². The molecule has 0 aliphatic rings. The van der Waals surface area contributed by atoms with Crippen LogP contribution in [0.25, 0.3) is 0 Å². The second kappa shape index (κ2) is 6.05. The summed E-state index contributed by atoms with van der Waals surface area (Å²) in [6.45, 7) is 5.28. The van der Waals surface area contributed by atoms with E-state index in [1.54, 1.807) is 38.2 Å². The molecule has 0 spiro atoms. The first-order valence-corrected chi connectivity index (χ1v) is 6.69. The highest BCUT2D eigenvalue weighted by Gasteiger charge is 2.22. The Morgan fingerprint density at radius 1 is 1.19 bits per heavy atom. The van der Waals surface area contributed by atoms with Crippen molar-refractivity contribution in [2.75, 3.05) is 10.6 Å². The van der Waals surface area contributed by atoms with Crippen LogP contribution >= 0.6 is 0 Å². The van der Waals surface area contributed by atoms with Crippen molar-refractivity contribution in [3.63, 3.8) is 0 Å². The van der Waals surface area contributed by atoms with E-state index in [9.17, 15) is 9.50 Å². The van der Waals surface area contributed by atoms with Gasteiger partial charge in [-0.05, 0) is 51.1 Å². The van der Waals surface area contributed by atoms with Crippen molar-refractivity contribution in [1.29, 1.82) is 0 Å². The van der Waals surface area contributed by atoms with Gasteiger partial charge in [0.1, 0.15) is 11.6 Å². The predicted octanol–water partition coefficient (Wildman–Crippen LogP) is 2.93. The van der Waals surface area contributed by atoms with Crippen LogP contribution < -0.4 is 10.6 Å². The van der Waals surface area contributed by atoms with Crippen molar-refractivity contribution >= 4 is 17.5 Å².